The maximum Gasteiger partial charge on any atom is 0.216 e. The third-order valence-corrected chi connectivity index (χ3v) is 2.30. The van der Waals surface area contributed by atoms with E-state index in [0.717, 1.165) is 6.54 Å². The van der Waals surface area contributed by atoms with Gasteiger partial charge >= 0.3 is 0 Å². The van der Waals surface area contributed by atoms with Gasteiger partial charge in [-0.1, -0.05) is 0 Å². The summed E-state index contributed by atoms with van der Waals surface area (Å²) >= 11 is 0. The molecule has 0 aliphatic carbocycles. The minimum atomic E-state index is -0.189. The Morgan fingerprint density at radius 2 is 2.29 bits per heavy atom. The lowest BCUT2D eigenvalue weighted by molar-refractivity contribution is 0.103. The highest BCUT2D eigenvalue weighted by atomic mass is 16.5. The van der Waals surface area contributed by atoms with Crippen molar-refractivity contribution in [2.75, 3.05) is 7.11 Å². The van der Waals surface area contributed by atoms with Gasteiger partial charge in [-0.15, -0.1) is 0 Å². The SMILES string of the molecule is CCn1cc(C(=O)c2cc(OC)ncn2)cn1. The molecule has 88 valence electrons. The fourth-order valence-corrected chi connectivity index (χ4v) is 1.38. The monoisotopic (exact) mass is 232 g/mol. The lowest BCUT2D eigenvalue weighted by Crippen LogP contribution is -2.04. The highest BCUT2D eigenvalue weighted by Crippen LogP contribution is 2.11. The number of aromatic nitrogens is 4. The Bertz CT molecular complexity index is 536. The Morgan fingerprint density at radius 1 is 1.47 bits per heavy atom. The number of hydrogen-bond acceptors (Lipinski definition) is 5. The summed E-state index contributed by atoms with van der Waals surface area (Å²) in [5.41, 5.74) is 0.806. The summed E-state index contributed by atoms with van der Waals surface area (Å²) in [4.78, 5) is 19.8. The van der Waals surface area contributed by atoms with Crippen molar-refractivity contribution >= 4 is 5.78 Å². The number of ketones is 1. The molecule has 0 radical (unpaired) electrons. The predicted molar refractivity (Wildman–Crippen MR) is 59.9 cm³/mol. The highest BCUT2D eigenvalue weighted by molar-refractivity contribution is 6.07. The Balaban J connectivity index is 2.29. The van der Waals surface area contributed by atoms with Crippen LogP contribution >= 0.6 is 0 Å². The second-order valence-electron chi connectivity index (χ2n) is 3.36. The molecule has 0 aliphatic rings. The molecule has 0 saturated carbocycles. The zero-order valence-electron chi connectivity index (χ0n) is 9.62. The normalized spacial score (nSPS) is 10.2. The van der Waals surface area contributed by atoms with Gasteiger partial charge in [0.05, 0.1) is 18.9 Å². The molecule has 0 saturated heterocycles. The van der Waals surface area contributed by atoms with Crippen molar-refractivity contribution in [2.45, 2.75) is 13.5 Å². The number of carbonyl (C=O) groups excluding carboxylic acids is 1. The first-order valence-electron chi connectivity index (χ1n) is 5.17. The van der Waals surface area contributed by atoms with Crippen molar-refractivity contribution in [1.29, 1.82) is 0 Å². The van der Waals surface area contributed by atoms with Crippen molar-refractivity contribution in [1.82, 2.24) is 19.7 Å². The van der Waals surface area contributed by atoms with Crippen LogP contribution < -0.4 is 4.74 Å². The number of nitrogens with zero attached hydrogens (tertiary/aromatic N) is 4. The third-order valence-electron chi connectivity index (χ3n) is 2.30. The average molecular weight is 232 g/mol. The summed E-state index contributed by atoms with van der Waals surface area (Å²) in [7, 11) is 1.49. The zero-order valence-corrected chi connectivity index (χ0v) is 9.62. The molecule has 0 N–H and O–H groups in total. The fraction of sp³-hybridized carbons (Fsp3) is 0.273. The van der Waals surface area contributed by atoms with E-state index in [2.05, 4.69) is 15.1 Å². The maximum atomic E-state index is 12.0. The molecule has 2 rings (SSSR count). The van der Waals surface area contributed by atoms with Crippen molar-refractivity contribution in [3.63, 3.8) is 0 Å². The first-order valence-corrected chi connectivity index (χ1v) is 5.17. The summed E-state index contributed by atoms with van der Waals surface area (Å²) in [6.07, 6.45) is 4.52. The van der Waals surface area contributed by atoms with Crippen molar-refractivity contribution in [3.05, 3.63) is 36.0 Å². The first kappa shape index (κ1) is 11.3. The van der Waals surface area contributed by atoms with Gasteiger partial charge in [0.1, 0.15) is 12.0 Å². The molecule has 0 bridgehead atoms. The van der Waals surface area contributed by atoms with E-state index in [1.165, 1.54) is 25.7 Å². The average Bonchev–Trinajstić information content (AvgIpc) is 2.86. The van der Waals surface area contributed by atoms with E-state index >= 15 is 0 Å². The number of carbonyl (C=O) groups is 1. The molecular weight excluding hydrogens is 220 g/mol. The van der Waals surface area contributed by atoms with E-state index in [1.807, 2.05) is 6.92 Å². The zero-order chi connectivity index (χ0) is 12.3. The van der Waals surface area contributed by atoms with E-state index in [-0.39, 0.29) is 5.78 Å². The quantitative estimate of drug-likeness (QED) is 0.733. The van der Waals surface area contributed by atoms with Gasteiger partial charge < -0.3 is 4.74 Å². The van der Waals surface area contributed by atoms with Gasteiger partial charge in [0.15, 0.2) is 0 Å². The van der Waals surface area contributed by atoms with Crippen LogP contribution in [0.25, 0.3) is 0 Å². The van der Waals surface area contributed by atoms with Crippen molar-refractivity contribution < 1.29 is 9.53 Å². The second kappa shape index (κ2) is 4.73. The number of aryl methyl sites for hydroxylation is 1. The second-order valence-corrected chi connectivity index (χ2v) is 3.36. The standard InChI is InChI=1S/C11H12N4O2/c1-3-15-6-8(5-14-15)11(16)9-4-10(17-2)13-7-12-9/h4-7H,3H2,1-2H3. The molecule has 0 atom stereocenters. The largest absolute Gasteiger partial charge is 0.481 e. The summed E-state index contributed by atoms with van der Waals surface area (Å²) in [5, 5.41) is 4.05. The highest BCUT2D eigenvalue weighted by Gasteiger charge is 2.13. The molecule has 0 aliphatic heterocycles. The van der Waals surface area contributed by atoms with Crippen LogP contribution in [0.15, 0.2) is 24.8 Å². The molecule has 0 fully saturated rings. The predicted octanol–water partition coefficient (Wildman–Crippen LogP) is 0.933. The molecule has 0 unspecified atom stereocenters. The van der Waals surface area contributed by atoms with E-state index in [9.17, 15) is 4.79 Å². The van der Waals surface area contributed by atoms with Crippen LogP contribution in [0.3, 0.4) is 0 Å². The van der Waals surface area contributed by atoms with Gasteiger partial charge in [0.2, 0.25) is 11.7 Å². The van der Waals surface area contributed by atoms with Gasteiger partial charge in [-0.25, -0.2) is 9.97 Å². The van der Waals surface area contributed by atoms with Gasteiger partial charge in [-0.05, 0) is 6.92 Å². The summed E-state index contributed by atoms with van der Waals surface area (Å²) in [6, 6.07) is 1.51. The Hall–Kier alpha value is -2.24. The maximum absolute atomic E-state index is 12.0. The summed E-state index contributed by atoms with van der Waals surface area (Å²) in [6.45, 7) is 2.68. The van der Waals surface area contributed by atoms with Crippen LogP contribution in [-0.4, -0.2) is 32.6 Å². The van der Waals surface area contributed by atoms with Crippen molar-refractivity contribution in [2.24, 2.45) is 0 Å². The number of rotatable bonds is 4. The van der Waals surface area contributed by atoms with Crippen LogP contribution in [0, 0.1) is 0 Å². The number of ether oxygens (including phenoxy) is 1. The Morgan fingerprint density at radius 3 is 2.94 bits per heavy atom. The summed E-state index contributed by atoms with van der Waals surface area (Å²) in [5.74, 6) is 0.177. The third kappa shape index (κ3) is 2.30. The molecule has 17 heavy (non-hydrogen) atoms. The topological polar surface area (TPSA) is 69.9 Å². The summed E-state index contributed by atoms with van der Waals surface area (Å²) < 4.78 is 6.63. The number of hydrogen-bond donors (Lipinski definition) is 0. The van der Waals surface area contributed by atoms with Crippen LogP contribution in [0.2, 0.25) is 0 Å². The molecule has 0 spiro atoms. The molecule has 6 nitrogen and oxygen atoms in total. The van der Waals surface area contributed by atoms with Crippen LogP contribution in [0.4, 0.5) is 0 Å². The van der Waals surface area contributed by atoms with E-state index in [0.29, 0.717) is 17.1 Å². The molecule has 0 amide bonds. The van der Waals surface area contributed by atoms with Crippen LogP contribution in [0.1, 0.15) is 23.0 Å². The molecule has 2 aromatic rings. The minimum absolute atomic E-state index is 0.189. The van der Waals surface area contributed by atoms with Crippen LogP contribution in [0.5, 0.6) is 5.88 Å². The van der Waals surface area contributed by atoms with E-state index < -0.39 is 0 Å². The molecule has 2 aromatic heterocycles. The van der Waals surface area contributed by atoms with Gasteiger partial charge in [0, 0.05) is 18.8 Å². The minimum Gasteiger partial charge on any atom is -0.481 e. The fourth-order valence-electron chi connectivity index (χ4n) is 1.38. The Labute approximate surface area is 98.3 Å². The van der Waals surface area contributed by atoms with Gasteiger partial charge in [0.25, 0.3) is 0 Å². The van der Waals surface area contributed by atoms with E-state index in [4.69, 9.17) is 4.74 Å². The molecular formula is C11H12N4O2. The van der Waals surface area contributed by atoms with E-state index in [1.54, 1.807) is 10.9 Å². The molecule has 2 heterocycles. The van der Waals surface area contributed by atoms with Crippen LogP contribution in [-0.2, 0) is 6.54 Å². The molecule has 0 aromatic carbocycles. The smallest absolute Gasteiger partial charge is 0.216 e. The number of methoxy groups -OCH3 is 1. The molecule has 6 heteroatoms. The van der Waals surface area contributed by atoms with Gasteiger partial charge in [-0.2, -0.15) is 5.10 Å². The van der Waals surface area contributed by atoms with Crippen molar-refractivity contribution in [3.8, 4) is 5.88 Å². The Kier molecular flexibility index (Phi) is 3.13. The first-order chi connectivity index (χ1) is 8.24. The lowest BCUT2D eigenvalue weighted by Gasteiger charge is -2.00. The van der Waals surface area contributed by atoms with Gasteiger partial charge in [-0.3, -0.25) is 9.48 Å². The lowest BCUT2D eigenvalue weighted by atomic mass is 10.2.